The van der Waals surface area contributed by atoms with E-state index in [1.165, 1.54) is 37.6 Å². The van der Waals surface area contributed by atoms with E-state index >= 15 is 0 Å². The highest BCUT2D eigenvalue weighted by atomic mass is 79.9. The topological polar surface area (TPSA) is 159 Å². The standard InChI is InChI=1S/C25H24ClN3O3S.C20H22BrClN2O3.2CH4/c1-15(2)32-22-9-8-18(13-20(22)26)24(30)29-21(25(31)28-3)12-16-4-6-17(7-5-16)19-10-11-33-23(19)14-27;1-12(2)27-18-9-6-14(11-16(18)22)19(25)24-17(20(26)23-3)10-13-4-7-15(21)8-5-13;;/h4-11,13,15,21H,12H2,1-3H3,(H,28,31)(H,29,30);4-9,11-12,17H,10H2,1-3H3,(H,23,26)(H,24,25);2*1H4. The molecule has 5 aromatic rings. The second-order valence-electron chi connectivity index (χ2n) is 13.9. The Labute approximate surface area is 387 Å². The maximum atomic E-state index is 12.8. The van der Waals surface area contributed by atoms with Gasteiger partial charge in [-0.05, 0) is 104 Å². The van der Waals surface area contributed by atoms with Crippen LogP contribution in [0.25, 0.3) is 11.1 Å². The molecule has 15 heteroatoms. The highest BCUT2D eigenvalue weighted by Crippen LogP contribution is 2.29. The summed E-state index contributed by atoms with van der Waals surface area (Å²) < 4.78 is 12.1. The predicted molar refractivity (Wildman–Crippen MR) is 255 cm³/mol. The highest BCUT2D eigenvalue weighted by molar-refractivity contribution is 9.10. The molecule has 0 fully saturated rings. The molecule has 0 aliphatic rings. The van der Waals surface area contributed by atoms with Crippen LogP contribution in [0, 0.1) is 11.3 Å². The van der Waals surface area contributed by atoms with Crippen LogP contribution < -0.4 is 30.7 Å². The van der Waals surface area contributed by atoms with E-state index in [4.69, 9.17) is 32.7 Å². The number of rotatable bonds is 15. The number of nitrogens with one attached hydrogen (secondary N) is 4. The molecule has 62 heavy (non-hydrogen) atoms. The molecule has 2 unspecified atom stereocenters. The van der Waals surface area contributed by atoms with Crippen molar-refractivity contribution in [1.82, 2.24) is 21.3 Å². The lowest BCUT2D eigenvalue weighted by Crippen LogP contribution is -2.47. The second kappa shape index (κ2) is 25.5. The molecule has 1 aromatic heterocycles. The van der Waals surface area contributed by atoms with Gasteiger partial charge in [0.2, 0.25) is 11.8 Å². The molecular formula is C47H54BrCl2N5O6S. The maximum absolute atomic E-state index is 12.8. The van der Waals surface area contributed by atoms with Crippen LogP contribution in [0.15, 0.2) is 101 Å². The Kier molecular flexibility index (Phi) is 21.7. The van der Waals surface area contributed by atoms with Crippen LogP contribution in [0.3, 0.4) is 0 Å². The van der Waals surface area contributed by atoms with Crippen LogP contribution in [0.5, 0.6) is 11.5 Å². The molecule has 4 amide bonds. The minimum Gasteiger partial charge on any atom is -0.489 e. The van der Waals surface area contributed by atoms with Crippen molar-refractivity contribution in [3.8, 4) is 28.7 Å². The summed E-state index contributed by atoms with van der Waals surface area (Å²) >= 11 is 17.2. The molecule has 1 heterocycles. The molecule has 0 radical (unpaired) electrons. The van der Waals surface area contributed by atoms with Crippen molar-refractivity contribution in [2.75, 3.05) is 14.1 Å². The predicted octanol–water partition coefficient (Wildman–Crippen LogP) is 10.1. The summed E-state index contributed by atoms with van der Waals surface area (Å²) in [5, 5.41) is 22.5. The molecular weight excluding hydrogens is 913 g/mol. The number of nitrogens with zero attached hydrogens (tertiary/aromatic N) is 1. The van der Waals surface area contributed by atoms with E-state index < -0.39 is 18.0 Å². The summed E-state index contributed by atoms with van der Waals surface area (Å²) in [4.78, 5) is 50.7. The Morgan fingerprint density at radius 1 is 0.677 bits per heavy atom. The fraction of sp³-hybridized carbons (Fsp3) is 0.298. The van der Waals surface area contributed by atoms with E-state index in [0.717, 1.165) is 26.7 Å². The minimum atomic E-state index is -0.769. The first-order chi connectivity index (χ1) is 28.6. The number of likely N-dealkylation sites (N-methyl/N-ethyl adjacent to an activating group) is 2. The van der Waals surface area contributed by atoms with E-state index in [0.29, 0.717) is 50.4 Å². The van der Waals surface area contributed by atoms with Crippen LogP contribution in [-0.2, 0) is 22.4 Å². The van der Waals surface area contributed by atoms with Gasteiger partial charge in [-0.15, -0.1) is 11.3 Å². The van der Waals surface area contributed by atoms with E-state index in [9.17, 15) is 24.4 Å². The van der Waals surface area contributed by atoms with E-state index in [1.54, 1.807) is 24.3 Å². The molecule has 4 aromatic carbocycles. The third-order valence-corrected chi connectivity index (χ3v) is 10.6. The van der Waals surface area contributed by atoms with Gasteiger partial charge in [-0.2, -0.15) is 5.26 Å². The zero-order valence-electron chi connectivity index (χ0n) is 33.9. The normalized spacial score (nSPS) is 11.3. The van der Waals surface area contributed by atoms with Crippen molar-refractivity contribution in [3.05, 3.63) is 138 Å². The number of amides is 4. The summed E-state index contributed by atoms with van der Waals surface area (Å²) in [6.45, 7) is 7.57. The number of benzene rings is 4. The molecule has 2 atom stereocenters. The highest BCUT2D eigenvalue weighted by Gasteiger charge is 2.23. The number of halogens is 3. The zero-order chi connectivity index (χ0) is 43.9. The molecule has 0 aliphatic heterocycles. The summed E-state index contributed by atoms with van der Waals surface area (Å²) in [7, 11) is 3.07. The van der Waals surface area contributed by atoms with Crippen molar-refractivity contribution < 1.29 is 28.7 Å². The lowest BCUT2D eigenvalue weighted by atomic mass is 10.0. The van der Waals surface area contributed by atoms with Crippen LogP contribution in [0.2, 0.25) is 10.0 Å². The number of ether oxygens (including phenoxy) is 2. The molecule has 0 saturated heterocycles. The van der Waals surface area contributed by atoms with Gasteiger partial charge in [-0.25, -0.2) is 0 Å². The number of thiophene rings is 1. The third kappa shape index (κ3) is 15.5. The number of hydrogen-bond acceptors (Lipinski definition) is 8. The van der Waals surface area contributed by atoms with Crippen LogP contribution >= 0.6 is 50.5 Å². The summed E-state index contributed by atoms with van der Waals surface area (Å²) in [6.07, 6.45) is 0.618. The molecule has 5 rings (SSSR count). The summed E-state index contributed by atoms with van der Waals surface area (Å²) in [5.74, 6) is -0.342. The van der Waals surface area contributed by atoms with Crippen molar-refractivity contribution in [1.29, 1.82) is 5.26 Å². The molecule has 0 spiro atoms. The zero-order valence-corrected chi connectivity index (χ0v) is 37.8. The van der Waals surface area contributed by atoms with Gasteiger partial charge in [-0.1, -0.05) is 90.4 Å². The SMILES string of the molecule is C.C.CNC(=O)C(Cc1ccc(-c2ccsc2C#N)cc1)NC(=O)c1ccc(OC(C)C)c(Cl)c1.CNC(=O)C(Cc1ccc(Br)cc1)NC(=O)c1ccc(OC(C)C)c(Cl)c1. The van der Waals surface area contributed by atoms with Gasteiger partial charge in [0.25, 0.3) is 11.8 Å². The lowest BCUT2D eigenvalue weighted by Gasteiger charge is -2.18. The van der Waals surface area contributed by atoms with Crippen LogP contribution in [0.4, 0.5) is 0 Å². The summed E-state index contributed by atoms with van der Waals surface area (Å²) in [6, 6.07) is 27.4. The first-order valence-corrected chi connectivity index (χ1v) is 21.3. The fourth-order valence-corrected chi connectivity index (χ4v) is 7.19. The Hall–Kier alpha value is -5.39. The minimum absolute atomic E-state index is 0. The van der Waals surface area contributed by atoms with Gasteiger partial charge in [0.05, 0.1) is 22.3 Å². The largest absolute Gasteiger partial charge is 0.489 e. The Balaban J connectivity index is 0.000000421. The second-order valence-corrected chi connectivity index (χ2v) is 16.6. The Morgan fingerprint density at radius 2 is 1.10 bits per heavy atom. The van der Waals surface area contributed by atoms with Crippen molar-refractivity contribution >= 4 is 74.1 Å². The molecule has 4 N–H and O–H groups in total. The van der Waals surface area contributed by atoms with Crippen LogP contribution in [-0.4, -0.2) is 62.0 Å². The first-order valence-electron chi connectivity index (χ1n) is 18.9. The molecule has 0 bridgehead atoms. The smallest absolute Gasteiger partial charge is 0.251 e. The van der Waals surface area contributed by atoms with Gasteiger partial charge in [0.1, 0.15) is 34.5 Å². The Bertz CT molecular complexity index is 2310. The number of carbonyl (C=O) groups excluding carboxylic acids is 4. The van der Waals surface area contributed by atoms with E-state index in [2.05, 4.69) is 43.3 Å². The lowest BCUT2D eigenvalue weighted by molar-refractivity contribution is -0.123. The van der Waals surface area contributed by atoms with Gasteiger partial charge >= 0.3 is 0 Å². The van der Waals surface area contributed by atoms with E-state index in [-0.39, 0.29) is 44.8 Å². The first kappa shape index (κ1) is 52.7. The average Bonchev–Trinajstić information content (AvgIpc) is 3.71. The Morgan fingerprint density at radius 3 is 1.47 bits per heavy atom. The fourth-order valence-electron chi connectivity index (χ4n) is 5.77. The monoisotopic (exact) mass is 965 g/mol. The summed E-state index contributed by atoms with van der Waals surface area (Å²) in [5.41, 5.74) is 4.32. The van der Waals surface area contributed by atoms with Gasteiger partial charge in [0, 0.05) is 48.1 Å². The average molecular weight is 968 g/mol. The van der Waals surface area contributed by atoms with Gasteiger partial charge in [-0.3, -0.25) is 19.2 Å². The number of nitriles is 1. The van der Waals surface area contributed by atoms with Gasteiger partial charge < -0.3 is 30.7 Å². The van der Waals surface area contributed by atoms with Crippen LogP contribution in [0.1, 0.15) is 79.3 Å². The van der Waals surface area contributed by atoms with Crippen molar-refractivity contribution in [3.63, 3.8) is 0 Å². The number of carbonyl (C=O) groups is 4. The van der Waals surface area contributed by atoms with Crippen molar-refractivity contribution in [2.24, 2.45) is 0 Å². The molecule has 0 saturated carbocycles. The number of hydrogen-bond donors (Lipinski definition) is 4. The maximum Gasteiger partial charge on any atom is 0.251 e. The quantitative estimate of drug-likeness (QED) is 0.0813. The third-order valence-electron chi connectivity index (χ3n) is 8.67. The van der Waals surface area contributed by atoms with Crippen molar-refractivity contribution in [2.45, 2.75) is 79.7 Å². The van der Waals surface area contributed by atoms with Gasteiger partial charge in [0.15, 0.2) is 0 Å². The molecule has 11 nitrogen and oxygen atoms in total. The molecule has 330 valence electrons. The molecule has 0 aliphatic carbocycles. The van der Waals surface area contributed by atoms with E-state index in [1.807, 2.05) is 87.7 Å².